The second-order valence-electron chi connectivity index (χ2n) is 13.9. The normalized spacial score (nSPS) is 38.6. The average molecular weight is 507 g/mol. The molecule has 2 heteroatoms. The van der Waals surface area contributed by atoms with Crippen molar-refractivity contribution in [2.24, 2.45) is 46.3 Å². The van der Waals surface area contributed by atoms with Crippen LogP contribution in [0.2, 0.25) is 0 Å². The molecule has 0 aromatic heterocycles. The monoisotopic (exact) mass is 506 g/mol. The number of thioether (sulfide) groups is 1. The van der Waals surface area contributed by atoms with Crippen LogP contribution in [-0.2, 0) is 0 Å². The number of carbonyl (C=O) groups excluding carboxylic acids is 1. The Balaban J connectivity index is 1.25. The Labute approximate surface area is 225 Å². The van der Waals surface area contributed by atoms with Crippen molar-refractivity contribution in [1.82, 2.24) is 0 Å². The lowest BCUT2D eigenvalue weighted by Crippen LogP contribution is -2.50. The highest BCUT2D eigenvalue weighted by atomic mass is 32.2. The van der Waals surface area contributed by atoms with Crippen LogP contribution in [0.4, 0.5) is 0 Å². The molecule has 0 saturated heterocycles. The molecule has 4 aliphatic rings. The summed E-state index contributed by atoms with van der Waals surface area (Å²) in [4.78, 5) is 12.9. The predicted molar refractivity (Wildman–Crippen MR) is 155 cm³/mol. The third-order valence-electron chi connectivity index (χ3n) is 11.5. The van der Waals surface area contributed by atoms with Crippen molar-refractivity contribution in [3.05, 3.63) is 47.5 Å². The van der Waals surface area contributed by atoms with Gasteiger partial charge in [-0.05, 0) is 97.7 Å². The molecule has 1 nitrogen and oxygen atoms in total. The fraction of sp³-hybridized carbons (Fsp3) is 0.735. The van der Waals surface area contributed by atoms with E-state index in [1.165, 1.54) is 64.2 Å². The largest absolute Gasteiger partial charge is 0.282 e. The van der Waals surface area contributed by atoms with E-state index in [2.05, 4.69) is 40.7 Å². The summed E-state index contributed by atoms with van der Waals surface area (Å²) in [6.07, 6.45) is 17.6. The first-order chi connectivity index (χ1) is 17.2. The number of benzene rings is 1. The number of fused-ring (bicyclic) bond motifs is 5. The van der Waals surface area contributed by atoms with E-state index in [9.17, 15) is 4.79 Å². The number of carbonyl (C=O) groups is 1. The topological polar surface area (TPSA) is 17.1 Å². The average Bonchev–Trinajstić information content (AvgIpc) is 3.22. The number of hydrogen-bond donors (Lipinski definition) is 0. The summed E-state index contributed by atoms with van der Waals surface area (Å²) in [6, 6.07) is 9.88. The standard InChI is InChI=1S/C34H50OS/c1-23(2)10-9-11-24(3)29-16-17-30-28-15-14-26-22-27(36-32(35)25-12-7-6-8-13-25)18-20-33(26,4)31(28)19-21-34(29,30)5/h6-8,12-14,23-24,27-31H,9-11,15-22H2,1-5H3/t24-,27-,28+,29-,30+,31+,33+,34-/m1/s1. The van der Waals surface area contributed by atoms with E-state index in [-0.39, 0.29) is 5.12 Å². The number of allylic oxidation sites excluding steroid dienone is 2. The van der Waals surface area contributed by atoms with E-state index in [1.807, 2.05) is 30.3 Å². The van der Waals surface area contributed by atoms with Gasteiger partial charge in [-0.1, -0.05) is 108 Å². The third-order valence-corrected chi connectivity index (χ3v) is 12.7. The highest BCUT2D eigenvalue weighted by molar-refractivity contribution is 8.14. The Morgan fingerprint density at radius 1 is 0.972 bits per heavy atom. The molecule has 36 heavy (non-hydrogen) atoms. The van der Waals surface area contributed by atoms with E-state index >= 15 is 0 Å². The maximum atomic E-state index is 12.9. The lowest BCUT2D eigenvalue weighted by Gasteiger charge is -2.58. The fourth-order valence-corrected chi connectivity index (χ4v) is 10.6. The van der Waals surface area contributed by atoms with Gasteiger partial charge in [0.15, 0.2) is 0 Å². The minimum absolute atomic E-state index is 0.256. The van der Waals surface area contributed by atoms with Crippen LogP contribution in [0.15, 0.2) is 42.0 Å². The SMILES string of the molecule is CC(C)CCC[C@@H](C)[C@H]1CC[C@H]2[C@@H]3CC=C4C[C@H](SC(=O)c5ccccc5)CC[C@]4(C)[C@H]3CC[C@]12C. The van der Waals surface area contributed by atoms with Crippen molar-refractivity contribution in [3.8, 4) is 0 Å². The Hall–Kier alpha value is -1.02. The lowest BCUT2D eigenvalue weighted by atomic mass is 9.47. The zero-order chi connectivity index (χ0) is 25.5. The molecule has 5 rings (SSSR count). The van der Waals surface area contributed by atoms with Gasteiger partial charge in [-0.2, -0.15) is 0 Å². The van der Waals surface area contributed by atoms with Gasteiger partial charge in [0.05, 0.1) is 0 Å². The summed E-state index contributed by atoms with van der Waals surface area (Å²) in [5, 5.41) is 0.705. The second-order valence-corrected chi connectivity index (χ2v) is 15.2. The first-order valence-corrected chi connectivity index (χ1v) is 16.1. The zero-order valence-electron chi connectivity index (χ0n) is 23.6. The van der Waals surface area contributed by atoms with Gasteiger partial charge in [0.2, 0.25) is 5.12 Å². The molecular formula is C34H50OS. The molecule has 0 bridgehead atoms. The molecule has 1 aromatic rings. The summed E-state index contributed by atoms with van der Waals surface area (Å²) in [5.41, 5.74) is 3.50. The van der Waals surface area contributed by atoms with Gasteiger partial charge in [-0.3, -0.25) is 4.79 Å². The predicted octanol–water partition coefficient (Wildman–Crippen LogP) is 9.97. The minimum Gasteiger partial charge on any atom is -0.282 e. The fourth-order valence-electron chi connectivity index (χ4n) is 9.55. The molecule has 1 aromatic carbocycles. The molecular weight excluding hydrogens is 456 g/mol. The summed E-state index contributed by atoms with van der Waals surface area (Å²) in [5.74, 6) is 5.34. The number of rotatable bonds is 7. The highest BCUT2D eigenvalue weighted by Crippen LogP contribution is 2.67. The lowest BCUT2D eigenvalue weighted by molar-refractivity contribution is -0.0497. The van der Waals surface area contributed by atoms with Crippen LogP contribution in [0.1, 0.15) is 116 Å². The van der Waals surface area contributed by atoms with Gasteiger partial charge < -0.3 is 0 Å². The van der Waals surface area contributed by atoms with Gasteiger partial charge in [-0.15, -0.1) is 0 Å². The van der Waals surface area contributed by atoms with Crippen molar-refractivity contribution < 1.29 is 4.79 Å². The molecule has 3 saturated carbocycles. The molecule has 0 radical (unpaired) electrons. The first kappa shape index (κ1) is 26.6. The Bertz CT molecular complexity index is 949. The van der Waals surface area contributed by atoms with E-state index in [1.54, 1.807) is 17.3 Å². The van der Waals surface area contributed by atoms with E-state index in [0.717, 1.165) is 47.5 Å². The van der Waals surface area contributed by atoms with Gasteiger partial charge >= 0.3 is 0 Å². The van der Waals surface area contributed by atoms with E-state index in [4.69, 9.17) is 0 Å². The van der Waals surface area contributed by atoms with Crippen molar-refractivity contribution >= 4 is 16.9 Å². The molecule has 0 spiro atoms. The van der Waals surface area contributed by atoms with Crippen molar-refractivity contribution in [2.75, 3.05) is 0 Å². The molecule has 0 aliphatic heterocycles. The van der Waals surface area contributed by atoms with E-state index in [0.29, 0.717) is 16.1 Å². The maximum Gasteiger partial charge on any atom is 0.219 e. The Morgan fingerprint density at radius 2 is 1.75 bits per heavy atom. The summed E-state index contributed by atoms with van der Waals surface area (Å²) in [6.45, 7) is 12.6. The highest BCUT2D eigenvalue weighted by Gasteiger charge is 2.59. The van der Waals surface area contributed by atoms with Crippen LogP contribution in [-0.4, -0.2) is 10.4 Å². The Kier molecular flexibility index (Phi) is 7.85. The molecule has 198 valence electrons. The molecule has 0 N–H and O–H groups in total. The van der Waals surface area contributed by atoms with Crippen molar-refractivity contribution in [2.45, 2.75) is 110 Å². The van der Waals surface area contributed by atoms with Crippen LogP contribution in [0.5, 0.6) is 0 Å². The molecule has 0 unspecified atom stereocenters. The van der Waals surface area contributed by atoms with Crippen molar-refractivity contribution in [3.63, 3.8) is 0 Å². The van der Waals surface area contributed by atoms with Crippen LogP contribution in [0, 0.1) is 46.3 Å². The minimum atomic E-state index is 0.256. The summed E-state index contributed by atoms with van der Waals surface area (Å²) < 4.78 is 0. The van der Waals surface area contributed by atoms with Crippen LogP contribution in [0.25, 0.3) is 0 Å². The third kappa shape index (κ3) is 4.90. The first-order valence-electron chi connectivity index (χ1n) is 15.2. The van der Waals surface area contributed by atoms with Gasteiger partial charge in [0.1, 0.15) is 0 Å². The summed E-state index contributed by atoms with van der Waals surface area (Å²) in [7, 11) is 0. The molecule has 4 aliphatic carbocycles. The molecule has 0 heterocycles. The molecule has 3 fully saturated rings. The summed E-state index contributed by atoms with van der Waals surface area (Å²) >= 11 is 1.60. The Morgan fingerprint density at radius 3 is 2.50 bits per heavy atom. The van der Waals surface area contributed by atoms with Crippen LogP contribution in [0.3, 0.4) is 0 Å². The van der Waals surface area contributed by atoms with E-state index < -0.39 is 0 Å². The van der Waals surface area contributed by atoms with Crippen molar-refractivity contribution in [1.29, 1.82) is 0 Å². The molecule has 8 atom stereocenters. The zero-order valence-corrected chi connectivity index (χ0v) is 24.4. The second kappa shape index (κ2) is 10.6. The quantitative estimate of drug-likeness (QED) is 0.342. The van der Waals surface area contributed by atoms with Gasteiger partial charge in [0, 0.05) is 10.8 Å². The van der Waals surface area contributed by atoms with Crippen LogP contribution < -0.4 is 0 Å². The molecule has 0 amide bonds. The maximum absolute atomic E-state index is 12.9. The number of hydrogen-bond acceptors (Lipinski definition) is 2. The smallest absolute Gasteiger partial charge is 0.219 e. The van der Waals surface area contributed by atoms with Gasteiger partial charge in [0.25, 0.3) is 0 Å². The van der Waals surface area contributed by atoms with Crippen LogP contribution >= 0.6 is 11.8 Å². The van der Waals surface area contributed by atoms with Gasteiger partial charge in [-0.25, -0.2) is 0 Å².